The Morgan fingerprint density at radius 3 is 2.62 bits per heavy atom. The highest BCUT2D eigenvalue weighted by Crippen LogP contribution is 2.60. The van der Waals surface area contributed by atoms with Gasteiger partial charge in [0, 0.05) is 17.3 Å². The largest absolute Gasteiger partial charge is 0.456 e. The summed E-state index contributed by atoms with van der Waals surface area (Å²) in [6.07, 6.45) is 1.32. The topological polar surface area (TPSA) is 86.7 Å². The third kappa shape index (κ3) is 2.70. The van der Waals surface area contributed by atoms with Crippen molar-refractivity contribution in [3.8, 4) is 0 Å². The molecule has 1 saturated heterocycles. The van der Waals surface area contributed by atoms with E-state index in [4.69, 9.17) is 8.92 Å². The van der Waals surface area contributed by atoms with E-state index in [9.17, 15) is 18.0 Å². The van der Waals surface area contributed by atoms with E-state index < -0.39 is 38.5 Å². The van der Waals surface area contributed by atoms with Crippen LogP contribution in [0.25, 0.3) is 0 Å². The molecule has 8 heteroatoms. The number of carbonyl (C=O) groups is 2. The van der Waals surface area contributed by atoms with Gasteiger partial charge in [-0.05, 0) is 26.2 Å². The molecule has 2 aliphatic carbocycles. The number of hydrogen-bond donors (Lipinski definition) is 0. The molecule has 6 nitrogen and oxygen atoms in total. The maximum absolute atomic E-state index is 12.2. The van der Waals surface area contributed by atoms with Gasteiger partial charge in [0.15, 0.2) is 5.12 Å². The molecule has 0 amide bonds. The number of hydrogen-bond acceptors (Lipinski definition) is 7. The van der Waals surface area contributed by atoms with Crippen LogP contribution in [0.1, 0.15) is 47.0 Å². The Morgan fingerprint density at radius 2 is 2.00 bits per heavy atom. The van der Waals surface area contributed by atoms with Gasteiger partial charge in [0.05, 0.1) is 11.0 Å². The normalized spacial score (nSPS) is 39.2. The maximum Gasteiger partial charge on any atom is 0.317 e. The van der Waals surface area contributed by atoms with Gasteiger partial charge in [0.1, 0.15) is 11.7 Å². The van der Waals surface area contributed by atoms with Crippen molar-refractivity contribution in [2.24, 2.45) is 17.3 Å². The van der Waals surface area contributed by atoms with Crippen molar-refractivity contribution in [1.82, 2.24) is 0 Å². The number of thioether (sulfide) groups is 1. The van der Waals surface area contributed by atoms with Gasteiger partial charge in [-0.25, -0.2) is 0 Å². The molecular formula is C16H24O6S2. The molecule has 136 valence electrons. The molecule has 3 rings (SSSR count). The first-order chi connectivity index (χ1) is 11.0. The van der Waals surface area contributed by atoms with Crippen LogP contribution < -0.4 is 0 Å². The van der Waals surface area contributed by atoms with Gasteiger partial charge in [-0.15, -0.1) is 0 Å². The summed E-state index contributed by atoms with van der Waals surface area (Å²) in [7, 11) is -3.54. The molecule has 3 fully saturated rings. The average molecular weight is 376 g/mol. The van der Waals surface area contributed by atoms with Gasteiger partial charge in [-0.3, -0.25) is 13.8 Å². The summed E-state index contributed by atoms with van der Waals surface area (Å²) in [4.78, 5) is 24.3. The molecule has 0 aromatic rings. The monoisotopic (exact) mass is 376 g/mol. The Balaban J connectivity index is 1.63. The van der Waals surface area contributed by atoms with Gasteiger partial charge in [-0.2, -0.15) is 8.42 Å². The standard InChI is InChI=1S/C16H24O6S2/c1-5-15(2,3)14(18)23-8-12(17)21-16(4)9-6-10-11(7-9)24(19,20)22-13(10)16/h9-11,13H,5-8H2,1-4H3. The van der Waals surface area contributed by atoms with Crippen LogP contribution in [0.4, 0.5) is 0 Å². The van der Waals surface area contributed by atoms with Crippen LogP contribution in [0.2, 0.25) is 0 Å². The second-order valence-electron chi connectivity index (χ2n) is 7.85. The van der Waals surface area contributed by atoms with E-state index in [-0.39, 0.29) is 22.7 Å². The van der Waals surface area contributed by atoms with E-state index in [1.807, 2.05) is 20.8 Å². The fourth-order valence-electron chi connectivity index (χ4n) is 4.07. The van der Waals surface area contributed by atoms with Crippen molar-refractivity contribution < 1.29 is 26.9 Å². The van der Waals surface area contributed by atoms with Crippen LogP contribution >= 0.6 is 11.8 Å². The van der Waals surface area contributed by atoms with E-state index in [0.717, 1.165) is 11.8 Å². The second kappa shape index (κ2) is 5.71. The first-order valence-electron chi connectivity index (χ1n) is 8.32. The lowest BCUT2D eigenvalue weighted by atomic mass is 9.83. The lowest BCUT2D eigenvalue weighted by molar-refractivity contribution is -0.169. The molecule has 0 radical (unpaired) electrons. The van der Waals surface area contributed by atoms with Crippen LogP contribution in [-0.4, -0.2) is 42.2 Å². The second-order valence-corrected chi connectivity index (χ2v) is 10.6. The molecule has 1 aliphatic heterocycles. The van der Waals surface area contributed by atoms with Crippen LogP contribution in [0, 0.1) is 17.3 Å². The first kappa shape index (κ1) is 18.2. The Labute approximate surface area is 147 Å². The van der Waals surface area contributed by atoms with Gasteiger partial charge in [-0.1, -0.05) is 32.5 Å². The molecule has 2 bridgehead atoms. The van der Waals surface area contributed by atoms with Crippen LogP contribution in [0.5, 0.6) is 0 Å². The Bertz CT molecular complexity index is 670. The Kier molecular flexibility index (Phi) is 4.33. The highest BCUT2D eigenvalue weighted by atomic mass is 32.2. The molecule has 0 spiro atoms. The molecule has 2 saturated carbocycles. The fourth-order valence-corrected chi connectivity index (χ4v) is 6.83. The van der Waals surface area contributed by atoms with Gasteiger partial charge in [0.2, 0.25) is 0 Å². The molecule has 0 N–H and O–H groups in total. The number of rotatable bonds is 5. The minimum absolute atomic E-state index is 0.00603. The van der Waals surface area contributed by atoms with E-state index in [2.05, 4.69) is 0 Å². The van der Waals surface area contributed by atoms with Crippen molar-refractivity contribution >= 4 is 33.0 Å². The van der Waals surface area contributed by atoms with Gasteiger partial charge >= 0.3 is 5.97 Å². The zero-order valence-corrected chi connectivity index (χ0v) is 16.0. The molecular weight excluding hydrogens is 352 g/mol. The average Bonchev–Trinajstić information content (AvgIpc) is 3.09. The summed E-state index contributed by atoms with van der Waals surface area (Å²) in [5.74, 6) is -0.615. The summed E-state index contributed by atoms with van der Waals surface area (Å²) in [6, 6.07) is 0. The van der Waals surface area contributed by atoms with E-state index in [1.165, 1.54) is 0 Å². The maximum atomic E-state index is 12.2. The molecule has 5 atom stereocenters. The quantitative estimate of drug-likeness (QED) is 0.536. The molecule has 0 aromatic carbocycles. The molecule has 1 heterocycles. The molecule has 3 aliphatic rings. The Hall–Kier alpha value is -0.600. The summed E-state index contributed by atoms with van der Waals surface area (Å²) < 4.78 is 34.9. The SMILES string of the molecule is CCC(C)(C)C(=O)SCC(=O)OC1(C)C2CC3C1OS(=O)(=O)C3C2. The van der Waals surface area contributed by atoms with Crippen LogP contribution in [-0.2, 0) is 28.6 Å². The predicted molar refractivity (Wildman–Crippen MR) is 89.8 cm³/mol. The van der Waals surface area contributed by atoms with Gasteiger partial charge in [0.25, 0.3) is 10.1 Å². The van der Waals surface area contributed by atoms with Crippen molar-refractivity contribution in [3.63, 3.8) is 0 Å². The highest BCUT2D eigenvalue weighted by molar-refractivity contribution is 8.14. The minimum atomic E-state index is -3.54. The predicted octanol–water partition coefficient (Wildman–Crippen LogP) is 2.12. The third-order valence-corrected chi connectivity index (χ3v) is 8.97. The van der Waals surface area contributed by atoms with Crippen LogP contribution in [0.3, 0.4) is 0 Å². The molecule has 0 aromatic heterocycles. The zero-order chi connectivity index (χ0) is 17.9. The number of carbonyl (C=O) groups excluding carboxylic acids is 2. The summed E-state index contributed by atoms with van der Waals surface area (Å²) in [6.45, 7) is 7.39. The lowest BCUT2D eigenvalue weighted by Gasteiger charge is -2.36. The lowest BCUT2D eigenvalue weighted by Crippen LogP contribution is -2.48. The first-order valence-corrected chi connectivity index (χ1v) is 10.8. The highest BCUT2D eigenvalue weighted by Gasteiger charge is 2.70. The van der Waals surface area contributed by atoms with E-state index in [1.54, 1.807) is 6.92 Å². The van der Waals surface area contributed by atoms with Gasteiger partial charge < -0.3 is 4.74 Å². The number of fused-ring (bicyclic) bond motifs is 1. The number of esters is 1. The zero-order valence-electron chi connectivity index (χ0n) is 14.4. The Morgan fingerprint density at radius 1 is 1.33 bits per heavy atom. The molecule has 24 heavy (non-hydrogen) atoms. The summed E-state index contributed by atoms with van der Waals surface area (Å²) in [5.41, 5.74) is -1.39. The van der Waals surface area contributed by atoms with E-state index in [0.29, 0.717) is 19.3 Å². The number of ether oxygens (including phenoxy) is 1. The van der Waals surface area contributed by atoms with Crippen molar-refractivity contribution in [3.05, 3.63) is 0 Å². The smallest absolute Gasteiger partial charge is 0.317 e. The third-order valence-electron chi connectivity index (χ3n) is 6.02. The van der Waals surface area contributed by atoms with Crippen molar-refractivity contribution in [2.45, 2.75) is 63.9 Å². The molecule has 5 unspecified atom stereocenters. The summed E-state index contributed by atoms with van der Waals surface area (Å²) in [5, 5.41) is -0.486. The van der Waals surface area contributed by atoms with Crippen molar-refractivity contribution in [1.29, 1.82) is 0 Å². The van der Waals surface area contributed by atoms with Crippen molar-refractivity contribution in [2.75, 3.05) is 5.75 Å². The minimum Gasteiger partial charge on any atom is -0.456 e. The summed E-state index contributed by atoms with van der Waals surface area (Å²) >= 11 is 0.965. The van der Waals surface area contributed by atoms with Crippen LogP contribution in [0.15, 0.2) is 0 Å². The fraction of sp³-hybridized carbons (Fsp3) is 0.875. The van der Waals surface area contributed by atoms with E-state index >= 15 is 0 Å².